The van der Waals surface area contributed by atoms with Crippen molar-refractivity contribution in [2.75, 3.05) is 11.9 Å². The Morgan fingerprint density at radius 3 is 1.86 bits per heavy atom. The molecule has 0 aromatic heterocycles. The number of nitrogens with two attached hydrogens (primary N) is 2. The summed E-state index contributed by atoms with van der Waals surface area (Å²) in [5.41, 5.74) is -0.969. The van der Waals surface area contributed by atoms with Crippen LogP contribution >= 0.6 is 0 Å². The predicted molar refractivity (Wildman–Crippen MR) is 128 cm³/mol. The van der Waals surface area contributed by atoms with Gasteiger partial charge in [0.2, 0.25) is 25.9 Å². The lowest BCUT2D eigenvalue weighted by Crippen LogP contribution is -2.21. The van der Waals surface area contributed by atoms with Crippen molar-refractivity contribution < 1.29 is 31.1 Å². The summed E-state index contributed by atoms with van der Waals surface area (Å²) in [6.45, 7) is 0.549. The van der Waals surface area contributed by atoms with Gasteiger partial charge in [-0.2, -0.15) is 9.65 Å². The number of halogens is 1. The van der Waals surface area contributed by atoms with Gasteiger partial charge in [0.15, 0.2) is 0 Å². The summed E-state index contributed by atoms with van der Waals surface area (Å²) in [6, 6.07) is 7.95. The summed E-state index contributed by atoms with van der Waals surface area (Å²) >= 11 is 0. The monoisotopic (exact) mass is 558 g/mol. The highest BCUT2D eigenvalue weighted by atomic mass is 32.2. The molecule has 0 radical (unpaired) electrons. The van der Waals surface area contributed by atoms with E-state index in [9.17, 15) is 41.5 Å². The van der Waals surface area contributed by atoms with Crippen LogP contribution in [0.4, 0.5) is 21.5 Å². The van der Waals surface area contributed by atoms with E-state index >= 15 is 0 Å². The van der Waals surface area contributed by atoms with Crippen LogP contribution in [0, 0.1) is 49.2 Å². The molecule has 1 fully saturated rings. The number of hydrogen-bond acceptors (Lipinski definition) is 10. The summed E-state index contributed by atoms with van der Waals surface area (Å²) < 4.78 is 56.8. The van der Waals surface area contributed by atoms with Crippen molar-refractivity contribution in [3.8, 4) is 6.07 Å². The Bertz CT molecular complexity index is 1440. The lowest BCUT2D eigenvalue weighted by Gasteiger charge is -2.25. The summed E-state index contributed by atoms with van der Waals surface area (Å²) in [7, 11) is -8.03. The molecule has 17 heteroatoms. The van der Waals surface area contributed by atoms with Crippen molar-refractivity contribution in [3.05, 3.63) is 62.4 Å². The normalized spacial score (nSPS) is 17.6. The molecule has 0 unspecified atom stereocenters. The smallest absolute Gasteiger partial charge is 0.306 e. The number of sulfonamides is 2. The van der Waals surface area contributed by atoms with Crippen LogP contribution in [0.5, 0.6) is 0 Å². The highest BCUT2D eigenvalue weighted by molar-refractivity contribution is 7.89. The minimum Gasteiger partial charge on any atom is -0.379 e. The Balaban J connectivity index is 0.000000294. The van der Waals surface area contributed by atoms with Gasteiger partial charge in [-0.25, -0.2) is 27.1 Å². The minimum atomic E-state index is -4.05. The number of primary sulfonamides is 2. The fourth-order valence-electron chi connectivity index (χ4n) is 3.55. The molecule has 0 aliphatic heterocycles. The molecule has 2 aromatic rings. The quantitative estimate of drug-likeness (QED) is 0.331. The molecule has 1 aliphatic rings. The van der Waals surface area contributed by atoms with E-state index in [1.165, 1.54) is 12.1 Å². The second kappa shape index (κ2) is 12.0. The molecule has 200 valence electrons. The van der Waals surface area contributed by atoms with Crippen LogP contribution in [0.15, 0.2) is 46.2 Å². The zero-order valence-electron chi connectivity index (χ0n) is 19.1. The number of nitro benzene ring substituents is 2. The first kappa shape index (κ1) is 29.5. The van der Waals surface area contributed by atoms with Crippen LogP contribution in [-0.4, -0.2) is 33.2 Å². The fraction of sp³-hybridized carbons (Fsp3) is 0.350. The maximum Gasteiger partial charge on any atom is 0.306 e. The molecule has 0 atom stereocenters. The van der Waals surface area contributed by atoms with Gasteiger partial charge in [-0.15, -0.1) is 0 Å². The molecule has 1 aliphatic carbocycles. The first-order valence-electron chi connectivity index (χ1n) is 10.5. The lowest BCUT2D eigenvalue weighted by atomic mass is 9.83. The minimum absolute atomic E-state index is 0.106. The fourth-order valence-corrected chi connectivity index (χ4v) is 4.62. The number of nitriles is 1. The highest BCUT2D eigenvalue weighted by Gasteiger charge is 2.23. The third kappa shape index (κ3) is 8.42. The van der Waals surface area contributed by atoms with Crippen molar-refractivity contribution in [2.45, 2.75) is 35.5 Å². The van der Waals surface area contributed by atoms with Crippen LogP contribution in [0.1, 0.15) is 25.7 Å². The highest BCUT2D eigenvalue weighted by Crippen LogP contribution is 2.31. The van der Waals surface area contributed by atoms with E-state index < -0.39 is 46.3 Å². The number of hydrogen-bond donors (Lipinski definition) is 3. The molecule has 3 rings (SSSR count). The van der Waals surface area contributed by atoms with E-state index in [2.05, 4.69) is 11.4 Å². The zero-order chi connectivity index (χ0) is 28.0. The molecular weight excluding hydrogens is 535 g/mol. The number of rotatable bonds is 7. The van der Waals surface area contributed by atoms with Gasteiger partial charge in [-0.05, 0) is 55.9 Å². The van der Waals surface area contributed by atoms with Gasteiger partial charge >= 0.3 is 5.69 Å². The average Bonchev–Trinajstić information content (AvgIpc) is 2.82. The maximum absolute atomic E-state index is 12.7. The Kier molecular flexibility index (Phi) is 9.58. The van der Waals surface area contributed by atoms with Gasteiger partial charge < -0.3 is 5.32 Å². The molecule has 0 spiro atoms. The van der Waals surface area contributed by atoms with Gasteiger partial charge in [0.1, 0.15) is 5.69 Å². The standard InChI is InChI=1S/C14H18N4O4S.C6H5FN2O4S/c15-8-10-1-3-11(4-2-10)9-17-13-6-5-12(23(16,21)22)7-14(13)18(19)20;7-5-2-1-4(14(8,12)13)3-6(5)9(10)11/h5-7,10-11,17H,1-4,9H2,(H2,16,21,22);1-3H,(H2,8,12,13). The van der Waals surface area contributed by atoms with Crippen molar-refractivity contribution in [1.29, 1.82) is 5.26 Å². The van der Waals surface area contributed by atoms with Crippen LogP contribution in [0.2, 0.25) is 0 Å². The lowest BCUT2D eigenvalue weighted by molar-refractivity contribution is -0.387. The largest absolute Gasteiger partial charge is 0.379 e. The van der Waals surface area contributed by atoms with Crippen LogP contribution in [-0.2, 0) is 20.0 Å². The second-order valence-corrected chi connectivity index (χ2v) is 11.2. The van der Waals surface area contributed by atoms with Crippen molar-refractivity contribution in [1.82, 2.24) is 0 Å². The van der Waals surface area contributed by atoms with Gasteiger partial charge in [0.05, 0.1) is 25.7 Å². The number of nitrogens with one attached hydrogen (secondary N) is 1. The molecule has 0 bridgehead atoms. The molecular formula is C20H23FN6O8S2. The first-order chi connectivity index (χ1) is 17.1. The van der Waals surface area contributed by atoms with Gasteiger partial charge in [0, 0.05) is 24.6 Å². The summed E-state index contributed by atoms with van der Waals surface area (Å²) in [6.07, 6.45) is 3.48. The van der Waals surface area contributed by atoms with Crippen molar-refractivity contribution in [2.24, 2.45) is 22.1 Å². The molecule has 0 heterocycles. The third-order valence-electron chi connectivity index (χ3n) is 5.55. The van der Waals surface area contributed by atoms with Gasteiger partial charge in [-0.3, -0.25) is 20.2 Å². The van der Waals surface area contributed by atoms with Gasteiger partial charge in [-0.1, -0.05) is 0 Å². The number of benzene rings is 2. The van der Waals surface area contributed by atoms with Crippen molar-refractivity contribution >= 4 is 37.1 Å². The van der Waals surface area contributed by atoms with E-state index in [1.807, 2.05) is 0 Å². The number of nitro groups is 2. The Morgan fingerprint density at radius 2 is 1.41 bits per heavy atom. The topological polar surface area (TPSA) is 242 Å². The molecule has 14 nitrogen and oxygen atoms in total. The molecule has 37 heavy (non-hydrogen) atoms. The number of anilines is 1. The predicted octanol–water partition coefficient (Wildman–Crippen LogP) is 2.37. The van der Waals surface area contributed by atoms with E-state index in [-0.39, 0.29) is 22.2 Å². The average molecular weight is 559 g/mol. The van der Waals surface area contributed by atoms with Crippen LogP contribution < -0.4 is 15.6 Å². The second-order valence-electron chi connectivity index (χ2n) is 8.12. The number of nitrogens with zero attached hydrogens (tertiary/aromatic N) is 3. The van der Waals surface area contributed by atoms with Crippen molar-refractivity contribution in [3.63, 3.8) is 0 Å². The Hall–Kier alpha value is -3.72. The van der Waals surface area contributed by atoms with E-state index in [0.29, 0.717) is 24.6 Å². The van der Waals surface area contributed by atoms with Crippen LogP contribution in [0.25, 0.3) is 0 Å². The summed E-state index contributed by atoms with van der Waals surface area (Å²) in [4.78, 5) is 18.9. The Morgan fingerprint density at radius 1 is 0.919 bits per heavy atom. The van der Waals surface area contributed by atoms with Crippen LogP contribution in [0.3, 0.4) is 0 Å². The van der Waals surface area contributed by atoms with E-state index in [4.69, 9.17) is 15.5 Å². The molecule has 5 N–H and O–H groups in total. The molecule has 0 saturated heterocycles. The van der Waals surface area contributed by atoms with Gasteiger partial charge in [0.25, 0.3) is 5.69 Å². The summed E-state index contributed by atoms with van der Waals surface area (Å²) in [5, 5.41) is 42.9. The molecule has 0 amide bonds. The first-order valence-corrected chi connectivity index (χ1v) is 13.6. The maximum atomic E-state index is 12.7. The summed E-state index contributed by atoms with van der Waals surface area (Å²) in [5.74, 6) is -0.658. The SMILES string of the molecule is N#CC1CCC(CNc2ccc(S(N)(=O)=O)cc2[N+](=O)[O-])CC1.NS(=O)(=O)c1ccc(F)c([N+](=O)[O-])c1. The third-order valence-corrected chi connectivity index (χ3v) is 7.37. The van der Waals surface area contributed by atoms with E-state index in [0.717, 1.165) is 37.8 Å². The molecule has 2 aromatic carbocycles. The zero-order valence-corrected chi connectivity index (χ0v) is 20.7. The Labute approximate surface area is 211 Å². The van der Waals surface area contributed by atoms with E-state index in [1.54, 1.807) is 0 Å². The molecule has 1 saturated carbocycles.